The fourth-order valence-electron chi connectivity index (χ4n) is 6.72. The molecule has 3 aromatic rings. The van der Waals surface area contributed by atoms with E-state index >= 15 is 0 Å². The first kappa shape index (κ1) is 30.9. The summed E-state index contributed by atoms with van der Waals surface area (Å²) in [6.45, 7) is 6.19. The van der Waals surface area contributed by atoms with Gasteiger partial charge in [-0.15, -0.1) is 0 Å². The van der Waals surface area contributed by atoms with E-state index in [0.717, 1.165) is 92.3 Å². The average Bonchev–Trinajstić information content (AvgIpc) is 3.76. The minimum Gasteiger partial charge on any atom is -0.489 e. The molecule has 1 unspecified atom stereocenters. The highest BCUT2D eigenvalue weighted by Gasteiger charge is 2.41. The lowest BCUT2D eigenvalue weighted by atomic mass is 9.82. The van der Waals surface area contributed by atoms with Gasteiger partial charge < -0.3 is 14.7 Å². The molecule has 0 bridgehead atoms. The number of aromatic carboxylic acids is 1. The van der Waals surface area contributed by atoms with Crippen molar-refractivity contribution in [2.75, 3.05) is 19.7 Å². The number of alkyl halides is 3. The number of piperidine rings is 1. The quantitative estimate of drug-likeness (QED) is 0.279. The summed E-state index contributed by atoms with van der Waals surface area (Å²) in [4.78, 5) is 25.9. The predicted octanol–water partition coefficient (Wildman–Crippen LogP) is 7.67. The molecule has 2 aliphatic carbocycles. The topological polar surface area (TPSA) is 84.7 Å². The Morgan fingerprint density at radius 3 is 2.47 bits per heavy atom. The van der Waals surface area contributed by atoms with Crippen molar-refractivity contribution in [2.45, 2.75) is 70.9 Å². The number of allylic oxidation sites excluding steroid dienone is 1. The summed E-state index contributed by atoms with van der Waals surface area (Å²) in [7, 11) is 0. The Labute approximate surface area is 260 Å². The van der Waals surface area contributed by atoms with Crippen LogP contribution in [0.25, 0.3) is 11.3 Å². The SMILES string of the molecule is Cc1cc(C2CCN(C(=O)C3CC3)CC2)ccc1OCC1=C(c2cccc(-n3ncc(C(=O)O)c3C(F)(F)F)c2)CC(C)CC1. The highest BCUT2D eigenvalue weighted by molar-refractivity contribution is 5.89. The molecule has 1 saturated heterocycles. The van der Waals surface area contributed by atoms with Crippen molar-refractivity contribution in [2.24, 2.45) is 11.8 Å². The Kier molecular flexibility index (Phi) is 8.50. The molecule has 2 aromatic carbocycles. The summed E-state index contributed by atoms with van der Waals surface area (Å²) >= 11 is 0. The molecule has 0 radical (unpaired) electrons. The molecule has 3 aliphatic rings. The van der Waals surface area contributed by atoms with Crippen LogP contribution in [-0.4, -0.2) is 51.4 Å². The molecule has 0 spiro atoms. The number of carboxylic acid groups (broad SMARTS) is 1. The fourth-order valence-corrected chi connectivity index (χ4v) is 6.72. The number of hydrogen-bond acceptors (Lipinski definition) is 4. The van der Waals surface area contributed by atoms with Gasteiger partial charge in [0.05, 0.1) is 11.9 Å². The number of carboxylic acids is 1. The van der Waals surface area contributed by atoms with E-state index in [9.17, 15) is 27.9 Å². The van der Waals surface area contributed by atoms with Gasteiger partial charge in [0, 0.05) is 19.0 Å². The monoisotopic (exact) mass is 621 g/mol. The molecule has 6 rings (SSSR count). The van der Waals surface area contributed by atoms with Crippen molar-refractivity contribution in [1.29, 1.82) is 0 Å². The number of likely N-dealkylation sites (tertiary alicyclic amines) is 1. The van der Waals surface area contributed by atoms with Gasteiger partial charge in [0.2, 0.25) is 5.91 Å². The molecule has 1 saturated carbocycles. The van der Waals surface area contributed by atoms with Crippen LogP contribution in [-0.2, 0) is 11.0 Å². The molecule has 238 valence electrons. The predicted molar refractivity (Wildman–Crippen MR) is 163 cm³/mol. The van der Waals surface area contributed by atoms with Crippen molar-refractivity contribution in [3.05, 3.63) is 82.2 Å². The Balaban J connectivity index is 1.19. The van der Waals surface area contributed by atoms with E-state index in [1.807, 2.05) is 24.0 Å². The number of nitrogens with zero attached hydrogens (tertiary/aromatic N) is 3. The van der Waals surface area contributed by atoms with E-state index in [0.29, 0.717) is 29.0 Å². The molecule has 10 heteroatoms. The molecular weight excluding hydrogens is 583 g/mol. The van der Waals surface area contributed by atoms with Crippen LogP contribution in [0, 0.1) is 18.8 Å². The maximum absolute atomic E-state index is 13.9. The van der Waals surface area contributed by atoms with Gasteiger partial charge in [0.15, 0.2) is 5.69 Å². The van der Waals surface area contributed by atoms with Crippen LogP contribution < -0.4 is 4.74 Å². The first-order valence-electron chi connectivity index (χ1n) is 15.7. The van der Waals surface area contributed by atoms with Gasteiger partial charge in [-0.2, -0.15) is 18.3 Å². The Morgan fingerprint density at radius 1 is 1.04 bits per heavy atom. The highest BCUT2D eigenvalue weighted by atomic mass is 19.4. The van der Waals surface area contributed by atoms with Crippen molar-refractivity contribution in [3.8, 4) is 11.4 Å². The van der Waals surface area contributed by atoms with Crippen LogP contribution in [0.2, 0.25) is 0 Å². The van der Waals surface area contributed by atoms with Gasteiger partial charge >= 0.3 is 12.1 Å². The number of amides is 1. The van der Waals surface area contributed by atoms with Crippen LogP contribution in [0.1, 0.15) is 90.5 Å². The van der Waals surface area contributed by atoms with Gasteiger partial charge in [0.1, 0.15) is 17.9 Å². The van der Waals surface area contributed by atoms with Gasteiger partial charge in [-0.05, 0) is 110 Å². The van der Waals surface area contributed by atoms with Crippen LogP contribution in [0.4, 0.5) is 13.2 Å². The lowest BCUT2D eigenvalue weighted by Crippen LogP contribution is -2.38. The standard InChI is InChI=1S/C35H38F3N3O4/c1-21-6-7-27(20-45-31-11-10-25(17-22(31)2)23-12-14-40(15-13-23)33(42)24-8-9-24)29(16-21)26-4-3-5-28(18-26)41-32(35(36,37)38)30(19-39-41)34(43)44/h3-5,10-11,17-19,21,23-24H,6-9,12-16,20H2,1-2H3,(H,43,44). The third kappa shape index (κ3) is 6.65. The number of carbonyl (C=O) groups excluding carboxylic acids is 1. The third-order valence-corrected chi connectivity index (χ3v) is 9.43. The van der Waals surface area contributed by atoms with E-state index in [2.05, 4.69) is 24.2 Å². The number of aromatic nitrogens is 2. The molecule has 1 aromatic heterocycles. The number of carbonyl (C=O) groups is 2. The summed E-state index contributed by atoms with van der Waals surface area (Å²) in [5, 5.41) is 13.1. The molecule has 7 nitrogen and oxygen atoms in total. The number of hydrogen-bond donors (Lipinski definition) is 1. The summed E-state index contributed by atoms with van der Waals surface area (Å²) in [5.74, 6) is 0.521. The van der Waals surface area contributed by atoms with Crippen LogP contribution in [0.3, 0.4) is 0 Å². The molecular formula is C35H38F3N3O4. The van der Waals surface area contributed by atoms with Crippen molar-refractivity contribution in [1.82, 2.24) is 14.7 Å². The minimum atomic E-state index is -4.89. The second kappa shape index (κ2) is 12.4. The molecule has 1 atom stereocenters. The Bertz CT molecular complexity index is 1630. The zero-order valence-corrected chi connectivity index (χ0v) is 25.6. The number of benzene rings is 2. The number of ether oxygens (including phenoxy) is 1. The minimum absolute atomic E-state index is 0.146. The average molecular weight is 622 g/mol. The van der Waals surface area contributed by atoms with Crippen molar-refractivity contribution >= 4 is 17.4 Å². The first-order valence-corrected chi connectivity index (χ1v) is 15.7. The van der Waals surface area contributed by atoms with E-state index in [1.165, 1.54) is 11.6 Å². The van der Waals surface area contributed by atoms with Gasteiger partial charge in [0.25, 0.3) is 0 Å². The molecule has 1 N–H and O–H groups in total. The van der Waals surface area contributed by atoms with Crippen LogP contribution in [0.15, 0.2) is 54.2 Å². The second-order valence-corrected chi connectivity index (χ2v) is 12.8. The fraction of sp³-hybridized carbons (Fsp3) is 0.457. The van der Waals surface area contributed by atoms with E-state index in [4.69, 9.17) is 4.74 Å². The lowest BCUT2D eigenvalue weighted by molar-refractivity contribution is -0.143. The molecule has 1 amide bonds. The van der Waals surface area contributed by atoms with Crippen molar-refractivity contribution < 1.29 is 32.6 Å². The molecule has 2 fully saturated rings. The Hall–Kier alpha value is -4.08. The van der Waals surface area contributed by atoms with Crippen molar-refractivity contribution in [3.63, 3.8) is 0 Å². The maximum atomic E-state index is 13.9. The number of halogens is 3. The largest absolute Gasteiger partial charge is 0.489 e. The first-order chi connectivity index (χ1) is 21.5. The molecule has 45 heavy (non-hydrogen) atoms. The van der Waals surface area contributed by atoms with E-state index in [-0.39, 0.29) is 11.6 Å². The highest BCUT2D eigenvalue weighted by Crippen LogP contribution is 2.39. The number of rotatable bonds is 8. The molecule has 1 aliphatic heterocycles. The summed E-state index contributed by atoms with van der Waals surface area (Å²) in [6, 6.07) is 13.0. The van der Waals surface area contributed by atoms with Gasteiger partial charge in [-0.1, -0.05) is 31.2 Å². The number of aryl methyl sites for hydroxylation is 1. The Morgan fingerprint density at radius 2 is 1.80 bits per heavy atom. The zero-order chi connectivity index (χ0) is 31.9. The van der Waals surface area contributed by atoms with Gasteiger partial charge in [-0.3, -0.25) is 4.79 Å². The second-order valence-electron chi connectivity index (χ2n) is 12.8. The third-order valence-electron chi connectivity index (χ3n) is 9.43. The molecule has 2 heterocycles. The smallest absolute Gasteiger partial charge is 0.434 e. The maximum Gasteiger partial charge on any atom is 0.434 e. The zero-order valence-electron chi connectivity index (χ0n) is 25.6. The normalized spacial score (nSPS) is 19.6. The lowest BCUT2D eigenvalue weighted by Gasteiger charge is -2.32. The van der Waals surface area contributed by atoms with Gasteiger partial charge in [-0.25, -0.2) is 9.48 Å². The summed E-state index contributed by atoms with van der Waals surface area (Å²) in [5.41, 5.74) is 3.18. The summed E-state index contributed by atoms with van der Waals surface area (Å²) < 4.78 is 48.7. The van der Waals surface area contributed by atoms with E-state index < -0.39 is 23.4 Å². The van der Waals surface area contributed by atoms with E-state index in [1.54, 1.807) is 12.1 Å². The van der Waals surface area contributed by atoms with Crippen LogP contribution in [0.5, 0.6) is 5.75 Å². The van der Waals surface area contributed by atoms with Crippen LogP contribution >= 0.6 is 0 Å². The summed E-state index contributed by atoms with van der Waals surface area (Å²) in [6.07, 6.45) is 2.41.